The van der Waals surface area contributed by atoms with Crippen molar-refractivity contribution in [1.82, 2.24) is 0 Å². The lowest BCUT2D eigenvalue weighted by atomic mass is 9.96. The van der Waals surface area contributed by atoms with E-state index in [4.69, 9.17) is 0 Å². The fraction of sp³-hybridized carbons (Fsp3) is 0.500. The fourth-order valence-electron chi connectivity index (χ4n) is 1.12. The van der Waals surface area contributed by atoms with E-state index in [1.807, 2.05) is 0 Å². The number of aliphatic hydroxyl groups is 1. The second-order valence-corrected chi connectivity index (χ2v) is 2.96. The van der Waals surface area contributed by atoms with Crippen molar-refractivity contribution in [2.24, 2.45) is 0 Å². The van der Waals surface area contributed by atoms with Crippen LogP contribution in [-0.4, -0.2) is 17.8 Å². The van der Waals surface area contributed by atoms with Crippen LogP contribution < -0.4 is 0 Å². The Kier molecular flexibility index (Phi) is 2.19. The van der Waals surface area contributed by atoms with Gasteiger partial charge in [0.25, 0.3) is 0 Å². The van der Waals surface area contributed by atoms with E-state index in [-0.39, 0.29) is 6.42 Å². The van der Waals surface area contributed by atoms with Gasteiger partial charge in [0.15, 0.2) is 11.6 Å². The second-order valence-electron chi connectivity index (χ2n) is 2.96. The van der Waals surface area contributed by atoms with Crippen LogP contribution >= 0.6 is 0 Å². The first-order valence-corrected chi connectivity index (χ1v) is 3.50. The number of hydrogen-bond donors (Lipinski definition) is 1. The number of ether oxygens (including phenoxy) is 1. The van der Waals surface area contributed by atoms with Crippen LogP contribution in [0.4, 0.5) is 8.78 Å². The average molecular weight is 176 g/mol. The zero-order chi connectivity index (χ0) is 9.35. The molecule has 0 radical (unpaired) electrons. The van der Waals surface area contributed by atoms with E-state index in [0.29, 0.717) is 0 Å². The van der Waals surface area contributed by atoms with E-state index in [2.05, 4.69) is 4.74 Å². The molecule has 1 atom stereocenters. The summed E-state index contributed by atoms with van der Waals surface area (Å²) in [5.41, 5.74) is -1.45. The monoisotopic (exact) mass is 176 g/mol. The summed E-state index contributed by atoms with van der Waals surface area (Å²) in [6.45, 7) is 1.33. The Labute approximate surface area is 69.1 Å². The second kappa shape index (κ2) is 2.86. The van der Waals surface area contributed by atoms with Crippen molar-refractivity contribution < 1.29 is 18.6 Å². The molecule has 0 aromatic rings. The maximum atomic E-state index is 12.9. The molecule has 2 nitrogen and oxygen atoms in total. The van der Waals surface area contributed by atoms with Crippen molar-refractivity contribution in [2.75, 3.05) is 7.11 Å². The van der Waals surface area contributed by atoms with Crippen LogP contribution in [0.25, 0.3) is 0 Å². The Hall–Kier alpha value is -0.900. The molecule has 0 aromatic heterocycles. The third-order valence-corrected chi connectivity index (χ3v) is 1.62. The van der Waals surface area contributed by atoms with Crippen LogP contribution in [0.5, 0.6) is 0 Å². The molecule has 1 unspecified atom stereocenters. The number of rotatable bonds is 1. The van der Waals surface area contributed by atoms with Crippen LogP contribution in [-0.2, 0) is 4.74 Å². The molecule has 0 heterocycles. The first kappa shape index (κ1) is 9.19. The molecule has 1 N–H and O–H groups in total. The molecule has 0 saturated carbocycles. The summed E-state index contributed by atoms with van der Waals surface area (Å²) < 4.78 is 30.2. The minimum absolute atomic E-state index is 0.246. The lowest BCUT2D eigenvalue weighted by molar-refractivity contribution is 0.0927. The molecular formula is C8H10F2O2. The summed E-state index contributed by atoms with van der Waals surface area (Å²) in [7, 11) is 1.18. The molecule has 0 saturated heterocycles. The molecule has 0 spiro atoms. The van der Waals surface area contributed by atoms with Crippen LogP contribution in [0.1, 0.15) is 13.3 Å². The largest absolute Gasteiger partial charge is 0.491 e. The summed E-state index contributed by atoms with van der Waals surface area (Å²) in [5, 5.41) is 9.28. The zero-order valence-corrected chi connectivity index (χ0v) is 6.90. The quantitative estimate of drug-likeness (QED) is 0.660. The molecule has 1 rings (SSSR count). The molecular weight excluding hydrogens is 166 g/mol. The van der Waals surface area contributed by atoms with Crippen molar-refractivity contribution in [1.29, 1.82) is 0 Å². The van der Waals surface area contributed by atoms with Gasteiger partial charge in [0.2, 0.25) is 0 Å². The van der Waals surface area contributed by atoms with Gasteiger partial charge >= 0.3 is 0 Å². The summed E-state index contributed by atoms with van der Waals surface area (Å²) >= 11 is 0. The normalized spacial score (nSPS) is 30.2. The molecule has 0 fully saturated rings. The number of allylic oxidation sites excluding steroid dienone is 1. The molecule has 12 heavy (non-hydrogen) atoms. The molecule has 4 heteroatoms. The van der Waals surface area contributed by atoms with Gasteiger partial charge in [0, 0.05) is 6.42 Å². The lowest BCUT2D eigenvalue weighted by Gasteiger charge is -2.23. The Morgan fingerprint density at radius 3 is 2.58 bits per heavy atom. The van der Waals surface area contributed by atoms with E-state index < -0.39 is 23.0 Å². The smallest absolute Gasteiger partial charge is 0.185 e. The van der Waals surface area contributed by atoms with Gasteiger partial charge in [-0.25, -0.2) is 8.78 Å². The molecule has 68 valence electrons. The van der Waals surface area contributed by atoms with Gasteiger partial charge in [-0.05, 0) is 13.0 Å². The lowest BCUT2D eigenvalue weighted by Crippen LogP contribution is -2.25. The van der Waals surface area contributed by atoms with E-state index in [1.54, 1.807) is 0 Å². The van der Waals surface area contributed by atoms with Crippen LogP contribution in [0.2, 0.25) is 0 Å². The predicted molar refractivity (Wildman–Crippen MR) is 39.6 cm³/mol. The van der Waals surface area contributed by atoms with E-state index in [9.17, 15) is 13.9 Å². The summed E-state index contributed by atoms with van der Waals surface area (Å²) in [4.78, 5) is 0. The highest BCUT2D eigenvalue weighted by atomic mass is 19.1. The third-order valence-electron chi connectivity index (χ3n) is 1.62. The highest BCUT2D eigenvalue weighted by Crippen LogP contribution is 2.32. The van der Waals surface area contributed by atoms with Crippen molar-refractivity contribution in [3.8, 4) is 0 Å². The highest BCUT2D eigenvalue weighted by Gasteiger charge is 2.30. The SMILES string of the molecule is COC1=C(F)CC(C)(O)C=C1F. The number of hydrogen-bond acceptors (Lipinski definition) is 2. The first-order valence-electron chi connectivity index (χ1n) is 3.50. The van der Waals surface area contributed by atoms with Crippen molar-refractivity contribution in [3.63, 3.8) is 0 Å². The van der Waals surface area contributed by atoms with Gasteiger partial charge in [0.05, 0.1) is 12.7 Å². The number of halogens is 2. The topological polar surface area (TPSA) is 29.5 Å². The van der Waals surface area contributed by atoms with E-state index >= 15 is 0 Å². The fourth-order valence-corrected chi connectivity index (χ4v) is 1.12. The predicted octanol–water partition coefficient (Wildman–Crippen LogP) is 1.82. The molecule has 0 aromatic carbocycles. The van der Waals surface area contributed by atoms with Crippen molar-refractivity contribution in [3.05, 3.63) is 23.5 Å². The van der Waals surface area contributed by atoms with Gasteiger partial charge in [-0.3, -0.25) is 0 Å². The maximum Gasteiger partial charge on any atom is 0.185 e. The summed E-state index contributed by atoms with van der Waals surface area (Å²) in [6.07, 6.45) is 0.693. The molecule has 0 aliphatic heterocycles. The molecule has 1 aliphatic carbocycles. The Morgan fingerprint density at radius 1 is 1.58 bits per heavy atom. The maximum absolute atomic E-state index is 12.9. The van der Waals surface area contributed by atoms with Crippen LogP contribution in [0.3, 0.4) is 0 Å². The Bertz CT molecular complexity index is 254. The van der Waals surface area contributed by atoms with Crippen molar-refractivity contribution >= 4 is 0 Å². The zero-order valence-electron chi connectivity index (χ0n) is 6.90. The van der Waals surface area contributed by atoms with Crippen molar-refractivity contribution in [2.45, 2.75) is 18.9 Å². The molecule has 0 bridgehead atoms. The van der Waals surface area contributed by atoms with E-state index in [1.165, 1.54) is 14.0 Å². The molecule has 0 amide bonds. The third kappa shape index (κ3) is 1.64. The van der Waals surface area contributed by atoms with Gasteiger partial charge in [0.1, 0.15) is 5.83 Å². The van der Waals surface area contributed by atoms with Gasteiger partial charge in [-0.15, -0.1) is 0 Å². The highest BCUT2D eigenvalue weighted by molar-refractivity contribution is 5.31. The van der Waals surface area contributed by atoms with E-state index in [0.717, 1.165) is 6.08 Å². The van der Waals surface area contributed by atoms with Gasteiger partial charge in [-0.1, -0.05) is 0 Å². The van der Waals surface area contributed by atoms with Crippen LogP contribution in [0, 0.1) is 0 Å². The standard InChI is InChI=1S/C8H10F2O2/c1-8(11)3-5(9)7(12-2)6(10)4-8/h3,11H,4H2,1-2H3. The Morgan fingerprint density at radius 2 is 2.17 bits per heavy atom. The summed E-state index contributed by atoms with van der Waals surface area (Å²) in [6, 6.07) is 0. The average Bonchev–Trinajstić information content (AvgIpc) is 1.82. The van der Waals surface area contributed by atoms with Crippen LogP contribution in [0.15, 0.2) is 23.5 Å². The molecule has 1 aliphatic rings. The first-order chi connectivity index (χ1) is 5.46. The van der Waals surface area contributed by atoms with Gasteiger partial charge < -0.3 is 9.84 Å². The van der Waals surface area contributed by atoms with Gasteiger partial charge in [-0.2, -0.15) is 0 Å². The summed E-state index contributed by atoms with van der Waals surface area (Å²) in [5.74, 6) is -2.03. The minimum atomic E-state index is -1.45. The Balaban J connectivity index is 3.00. The number of methoxy groups -OCH3 is 1. The minimum Gasteiger partial charge on any atom is -0.491 e.